The molecule has 0 aliphatic carbocycles. The molecule has 3 heteroatoms. The fourth-order valence-corrected chi connectivity index (χ4v) is 1.02. The maximum absolute atomic E-state index is 8.62. The van der Waals surface area contributed by atoms with E-state index in [2.05, 4.69) is 30.7 Å². The van der Waals surface area contributed by atoms with Crippen LogP contribution in [0.2, 0.25) is 0 Å². The van der Waals surface area contributed by atoms with Gasteiger partial charge in [-0.3, -0.25) is 0 Å². The summed E-state index contributed by atoms with van der Waals surface area (Å²) in [5.41, 5.74) is 0.600. The number of rotatable bonds is 1. The van der Waals surface area contributed by atoms with Crippen molar-refractivity contribution in [2.45, 2.75) is 27.2 Å². The van der Waals surface area contributed by atoms with Crippen LogP contribution in [0.15, 0.2) is 12.3 Å². The van der Waals surface area contributed by atoms with Gasteiger partial charge in [0.25, 0.3) is 0 Å². The van der Waals surface area contributed by atoms with Gasteiger partial charge in [-0.1, -0.05) is 20.8 Å². The second kappa shape index (κ2) is 3.53. The van der Waals surface area contributed by atoms with Gasteiger partial charge in [0.05, 0.1) is 0 Å². The molecule has 0 bridgehead atoms. The zero-order valence-electron chi connectivity index (χ0n) is 8.20. The maximum atomic E-state index is 8.62. The predicted molar refractivity (Wildman–Crippen MR) is 49.9 cm³/mol. The normalized spacial score (nSPS) is 10.9. The van der Waals surface area contributed by atoms with Gasteiger partial charge in [0.1, 0.15) is 17.6 Å². The van der Waals surface area contributed by atoms with Crippen LogP contribution in [0.25, 0.3) is 0 Å². The largest absolute Gasteiger partial charge is 0.241 e. The van der Waals surface area contributed by atoms with Gasteiger partial charge in [0, 0.05) is 12.6 Å². The first-order valence-electron chi connectivity index (χ1n) is 4.23. The molecule has 0 saturated heterocycles. The summed E-state index contributed by atoms with van der Waals surface area (Å²) in [4.78, 5) is 8.21. The quantitative estimate of drug-likeness (QED) is 0.655. The summed E-state index contributed by atoms with van der Waals surface area (Å²) in [6.45, 7) is 6.36. The Morgan fingerprint density at radius 2 is 2.15 bits per heavy atom. The Kier molecular flexibility index (Phi) is 2.62. The molecular weight excluding hydrogens is 162 g/mol. The molecule has 0 spiro atoms. The van der Waals surface area contributed by atoms with E-state index in [4.69, 9.17) is 5.26 Å². The Balaban J connectivity index is 2.86. The highest BCUT2D eigenvalue weighted by atomic mass is 14.9. The van der Waals surface area contributed by atoms with E-state index in [1.165, 1.54) is 0 Å². The second-order valence-electron chi connectivity index (χ2n) is 4.21. The number of hydrogen-bond acceptors (Lipinski definition) is 3. The molecule has 68 valence electrons. The molecule has 1 rings (SSSR count). The SMILES string of the molecule is CC(C)(C)Cc1nccc(C#N)n1. The molecule has 1 aromatic rings. The molecule has 0 aliphatic heterocycles. The van der Waals surface area contributed by atoms with Gasteiger partial charge < -0.3 is 0 Å². The van der Waals surface area contributed by atoms with Crippen molar-refractivity contribution in [3.8, 4) is 6.07 Å². The summed E-state index contributed by atoms with van der Waals surface area (Å²) in [5, 5.41) is 8.62. The van der Waals surface area contributed by atoms with Crippen LogP contribution in [0.3, 0.4) is 0 Å². The lowest BCUT2D eigenvalue weighted by atomic mass is 9.92. The minimum atomic E-state index is 0.161. The minimum absolute atomic E-state index is 0.161. The molecule has 13 heavy (non-hydrogen) atoms. The topological polar surface area (TPSA) is 49.6 Å². The smallest absolute Gasteiger partial charge is 0.144 e. The van der Waals surface area contributed by atoms with Crippen LogP contribution in [0.1, 0.15) is 32.3 Å². The Hall–Kier alpha value is -1.43. The Morgan fingerprint density at radius 1 is 1.46 bits per heavy atom. The third kappa shape index (κ3) is 3.20. The van der Waals surface area contributed by atoms with Crippen molar-refractivity contribution in [2.24, 2.45) is 5.41 Å². The molecule has 0 unspecified atom stereocenters. The average Bonchev–Trinajstić information content (AvgIpc) is 2.01. The van der Waals surface area contributed by atoms with E-state index in [-0.39, 0.29) is 5.41 Å². The fourth-order valence-electron chi connectivity index (χ4n) is 1.02. The van der Waals surface area contributed by atoms with Gasteiger partial charge in [-0.15, -0.1) is 0 Å². The molecule has 0 aliphatic rings. The van der Waals surface area contributed by atoms with Crippen LogP contribution in [0, 0.1) is 16.7 Å². The summed E-state index contributed by atoms with van der Waals surface area (Å²) < 4.78 is 0. The summed E-state index contributed by atoms with van der Waals surface area (Å²) in [6, 6.07) is 3.62. The van der Waals surface area contributed by atoms with Crippen LogP contribution in [0.4, 0.5) is 0 Å². The first-order valence-corrected chi connectivity index (χ1v) is 4.23. The Bertz CT molecular complexity index is 331. The van der Waals surface area contributed by atoms with Gasteiger partial charge in [0.15, 0.2) is 0 Å². The van der Waals surface area contributed by atoms with E-state index < -0.39 is 0 Å². The third-order valence-corrected chi connectivity index (χ3v) is 1.51. The molecule has 1 heterocycles. The van der Waals surface area contributed by atoms with Crippen molar-refractivity contribution in [1.82, 2.24) is 9.97 Å². The first kappa shape index (κ1) is 9.66. The lowest BCUT2D eigenvalue weighted by molar-refractivity contribution is 0.400. The van der Waals surface area contributed by atoms with Crippen LogP contribution in [0.5, 0.6) is 0 Å². The summed E-state index contributed by atoms with van der Waals surface area (Å²) >= 11 is 0. The van der Waals surface area contributed by atoms with E-state index >= 15 is 0 Å². The molecule has 0 amide bonds. The summed E-state index contributed by atoms with van der Waals surface area (Å²) in [5.74, 6) is 0.742. The van der Waals surface area contributed by atoms with Crippen molar-refractivity contribution in [3.05, 3.63) is 23.8 Å². The average molecular weight is 175 g/mol. The molecule has 3 nitrogen and oxygen atoms in total. The number of hydrogen-bond donors (Lipinski definition) is 0. The lowest BCUT2D eigenvalue weighted by Crippen LogP contribution is -2.12. The van der Waals surface area contributed by atoms with Crippen molar-refractivity contribution in [3.63, 3.8) is 0 Å². The van der Waals surface area contributed by atoms with Gasteiger partial charge in [-0.2, -0.15) is 5.26 Å². The van der Waals surface area contributed by atoms with Crippen molar-refractivity contribution in [2.75, 3.05) is 0 Å². The van der Waals surface area contributed by atoms with E-state index in [1.807, 2.05) is 6.07 Å². The third-order valence-electron chi connectivity index (χ3n) is 1.51. The van der Waals surface area contributed by atoms with Crippen molar-refractivity contribution in [1.29, 1.82) is 5.26 Å². The number of nitrogens with zero attached hydrogens (tertiary/aromatic N) is 3. The highest BCUT2D eigenvalue weighted by Gasteiger charge is 2.13. The van der Waals surface area contributed by atoms with Crippen LogP contribution >= 0.6 is 0 Å². The summed E-state index contributed by atoms with van der Waals surface area (Å²) in [6.07, 6.45) is 2.43. The van der Waals surface area contributed by atoms with Crippen LogP contribution in [-0.2, 0) is 6.42 Å². The van der Waals surface area contributed by atoms with E-state index in [0.717, 1.165) is 12.2 Å². The first-order chi connectivity index (χ1) is 6.01. The van der Waals surface area contributed by atoms with Gasteiger partial charge >= 0.3 is 0 Å². The molecule has 1 aromatic heterocycles. The number of aromatic nitrogens is 2. The van der Waals surface area contributed by atoms with Gasteiger partial charge in [0.2, 0.25) is 0 Å². The summed E-state index contributed by atoms with van der Waals surface area (Å²) in [7, 11) is 0. The Labute approximate surface area is 78.5 Å². The highest BCUT2D eigenvalue weighted by molar-refractivity contribution is 5.18. The molecule has 0 saturated carbocycles. The molecule has 0 aromatic carbocycles. The standard InChI is InChI=1S/C10H13N3/c1-10(2,3)6-9-12-5-4-8(7-11)13-9/h4-5H,6H2,1-3H3. The molecule has 0 radical (unpaired) electrons. The maximum Gasteiger partial charge on any atom is 0.144 e. The van der Waals surface area contributed by atoms with Crippen LogP contribution in [-0.4, -0.2) is 9.97 Å². The minimum Gasteiger partial charge on any atom is -0.241 e. The zero-order valence-corrected chi connectivity index (χ0v) is 8.20. The predicted octanol–water partition coefficient (Wildman–Crippen LogP) is 1.94. The van der Waals surface area contributed by atoms with Gasteiger partial charge in [-0.25, -0.2) is 9.97 Å². The van der Waals surface area contributed by atoms with Gasteiger partial charge in [-0.05, 0) is 11.5 Å². The van der Waals surface area contributed by atoms with E-state index in [0.29, 0.717) is 5.69 Å². The molecule has 0 N–H and O–H groups in total. The second-order valence-corrected chi connectivity index (χ2v) is 4.21. The molecular formula is C10H13N3. The monoisotopic (exact) mass is 175 g/mol. The molecule has 0 atom stereocenters. The van der Waals surface area contributed by atoms with E-state index in [1.54, 1.807) is 12.3 Å². The number of nitriles is 1. The van der Waals surface area contributed by atoms with E-state index in [9.17, 15) is 0 Å². The van der Waals surface area contributed by atoms with Crippen LogP contribution < -0.4 is 0 Å². The zero-order chi connectivity index (χ0) is 9.90. The Morgan fingerprint density at radius 3 is 2.69 bits per heavy atom. The fraction of sp³-hybridized carbons (Fsp3) is 0.500. The highest BCUT2D eigenvalue weighted by Crippen LogP contribution is 2.17. The molecule has 0 fully saturated rings. The van der Waals surface area contributed by atoms with Crippen molar-refractivity contribution < 1.29 is 0 Å². The lowest BCUT2D eigenvalue weighted by Gasteiger charge is -2.16. The van der Waals surface area contributed by atoms with Crippen molar-refractivity contribution >= 4 is 0 Å².